The lowest BCUT2D eigenvalue weighted by Gasteiger charge is -2.02. The first-order chi connectivity index (χ1) is 8.20. The molecule has 2 aromatic rings. The van der Waals surface area contributed by atoms with E-state index in [2.05, 4.69) is 14.7 Å². The van der Waals surface area contributed by atoms with Gasteiger partial charge in [0.05, 0.1) is 30.8 Å². The molecule has 0 unspecified atom stereocenters. The quantitative estimate of drug-likeness (QED) is 0.767. The van der Waals surface area contributed by atoms with Crippen molar-refractivity contribution >= 4 is 17.6 Å². The molecule has 0 fully saturated rings. The number of carbonyl (C=O) groups is 1. The van der Waals surface area contributed by atoms with Gasteiger partial charge in [-0.3, -0.25) is 4.98 Å². The molecule has 17 heavy (non-hydrogen) atoms. The van der Waals surface area contributed by atoms with Crippen LogP contribution in [0.2, 0.25) is 5.15 Å². The summed E-state index contributed by atoms with van der Waals surface area (Å²) in [6.45, 7) is 0. The molecule has 0 aliphatic carbocycles. The van der Waals surface area contributed by atoms with E-state index < -0.39 is 0 Å². The van der Waals surface area contributed by atoms with Crippen molar-refractivity contribution in [2.24, 2.45) is 0 Å². The highest BCUT2D eigenvalue weighted by atomic mass is 35.5. The number of ether oxygens (including phenoxy) is 1. The van der Waals surface area contributed by atoms with Crippen LogP contribution in [0, 0.1) is 0 Å². The van der Waals surface area contributed by atoms with Crippen molar-refractivity contribution in [3.05, 3.63) is 47.4 Å². The Morgan fingerprint density at radius 1 is 1.24 bits per heavy atom. The second-order valence-electron chi connectivity index (χ2n) is 3.30. The zero-order valence-corrected chi connectivity index (χ0v) is 9.81. The number of rotatable bonds is 2. The summed E-state index contributed by atoms with van der Waals surface area (Å²) in [5.41, 5.74) is 1.99. The molecule has 86 valence electrons. The molecule has 0 spiro atoms. The summed E-state index contributed by atoms with van der Waals surface area (Å²) >= 11 is 5.75. The molecule has 4 nitrogen and oxygen atoms in total. The minimum absolute atomic E-state index is 0.333. The second-order valence-corrected chi connectivity index (χ2v) is 3.68. The summed E-state index contributed by atoms with van der Waals surface area (Å²) in [5, 5.41) is 0.333. The molecular weight excluding hydrogens is 240 g/mol. The third-order valence-corrected chi connectivity index (χ3v) is 2.39. The molecule has 0 aliphatic heterocycles. The van der Waals surface area contributed by atoms with Crippen LogP contribution in [0.15, 0.2) is 36.7 Å². The van der Waals surface area contributed by atoms with E-state index in [1.165, 1.54) is 13.3 Å². The molecule has 0 aliphatic rings. The first-order valence-electron chi connectivity index (χ1n) is 4.87. The Kier molecular flexibility index (Phi) is 3.35. The van der Waals surface area contributed by atoms with Crippen LogP contribution in [0.1, 0.15) is 10.4 Å². The number of hydrogen-bond acceptors (Lipinski definition) is 4. The van der Waals surface area contributed by atoms with Crippen molar-refractivity contribution in [3.8, 4) is 11.3 Å². The average molecular weight is 249 g/mol. The van der Waals surface area contributed by atoms with Gasteiger partial charge in [-0.1, -0.05) is 23.7 Å². The SMILES string of the molecule is COC(=O)c1ccc(-c2cncc(Cl)n2)cc1. The third kappa shape index (κ3) is 2.60. The van der Waals surface area contributed by atoms with Crippen LogP contribution in [0.3, 0.4) is 0 Å². The van der Waals surface area contributed by atoms with E-state index in [9.17, 15) is 4.79 Å². The number of methoxy groups -OCH3 is 1. The number of benzene rings is 1. The monoisotopic (exact) mass is 248 g/mol. The maximum absolute atomic E-state index is 11.2. The van der Waals surface area contributed by atoms with Crippen LogP contribution in [-0.4, -0.2) is 23.0 Å². The van der Waals surface area contributed by atoms with Gasteiger partial charge in [0.15, 0.2) is 0 Å². The minimum atomic E-state index is -0.367. The molecule has 1 aromatic carbocycles. The maximum Gasteiger partial charge on any atom is 0.337 e. The molecule has 1 heterocycles. The van der Waals surface area contributed by atoms with Crippen LogP contribution in [0.4, 0.5) is 0 Å². The van der Waals surface area contributed by atoms with E-state index in [0.717, 1.165) is 5.56 Å². The molecular formula is C12H9ClN2O2. The minimum Gasteiger partial charge on any atom is -0.465 e. The predicted molar refractivity (Wildman–Crippen MR) is 63.8 cm³/mol. The maximum atomic E-state index is 11.2. The van der Waals surface area contributed by atoms with E-state index in [1.54, 1.807) is 30.5 Å². The van der Waals surface area contributed by atoms with E-state index in [4.69, 9.17) is 11.6 Å². The number of carbonyl (C=O) groups excluding carboxylic acids is 1. The van der Waals surface area contributed by atoms with Crippen molar-refractivity contribution in [1.82, 2.24) is 9.97 Å². The van der Waals surface area contributed by atoms with Crippen LogP contribution < -0.4 is 0 Å². The van der Waals surface area contributed by atoms with Gasteiger partial charge in [-0.25, -0.2) is 9.78 Å². The molecule has 0 saturated heterocycles. The summed E-state index contributed by atoms with van der Waals surface area (Å²) in [6, 6.07) is 6.88. The van der Waals surface area contributed by atoms with Gasteiger partial charge < -0.3 is 4.74 Å². The van der Waals surface area contributed by atoms with Gasteiger partial charge in [0.2, 0.25) is 0 Å². The highest BCUT2D eigenvalue weighted by Gasteiger charge is 2.06. The Labute approximate surface area is 103 Å². The van der Waals surface area contributed by atoms with Crippen molar-refractivity contribution in [2.45, 2.75) is 0 Å². The zero-order valence-electron chi connectivity index (χ0n) is 9.05. The van der Waals surface area contributed by atoms with Gasteiger partial charge in [0, 0.05) is 5.56 Å². The van der Waals surface area contributed by atoms with Crippen molar-refractivity contribution in [2.75, 3.05) is 7.11 Å². The van der Waals surface area contributed by atoms with E-state index in [0.29, 0.717) is 16.4 Å². The van der Waals surface area contributed by atoms with Gasteiger partial charge in [-0.05, 0) is 12.1 Å². The van der Waals surface area contributed by atoms with Crippen molar-refractivity contribution in [1.29, 1.82) is 0 Å². The van der Waals surface area contributed by atoms with Crippen molar-refractivity contribution < 1.29 is 9.53 Å². The predicted octanol–water partition coefficient (Wildman–Crippen LogP) is 2.58. The summed E-state index contributed by atoms with van der Waals surface area (Å²) < 4.78 is 4.61. The highest BCUT2D eigenvalue weighted by molar-refractivity contribution is 6.29. The molecule has 0 atom stereocenters. The average Bonchev–Trinajstić information content (AvgIpc) is 2.38. The van der Waals surface area contributed by atoms with E-state index >= 15 is 0 Å². The fraction of sp³-hybridized carbons (Fsp3) is 0.0833. The fourth-order valence-corrected chi connectivity index (χ4v) is 1.52. The van der Waals surface area contributed by atoms with Gasteiger partial charge in [0.25, 0.3) is 0 Å². The largest absolute Gasteiger partial charge is 0.465 e. The lowest BCUT2D eigenvalue weighted by atomic mass is 10.1. The Bertz CT molecular complexity index is 540. The number of halogens is 1. The first kappa shape index (κ1) is 11.5. The number of nitrogens with zero attached hydrogens (tertiary/aromatic N) is 2. The molecule has 0 bridgehead atoms. The van der Waals surface area contributed by atoms with Crippen LogP contribution >= 0.6 is 11.6 Å². The van der Waals surface area contributed by atoms with Gasteiger partial charge in [0.1, 0.15) is 5.15 Å². The molecule has 5 heteroatoms. The van der Waals surface area contributed by atoms with Crippen LogP contribution in [-0.2, 0) is 4.74 Å². The molecule has 0 N–H and O–H groups in total. The van der Waals surface area contributed by atoms with Gasteiger partial charge >= 0.3 is 5.97 Å². The third-order valence-electron chi connectivity index (χ3n) is 2.21. The fourth-order valence-electron chi connectivity index (χ4n) is 1.38. The Morgan fingerprint density at radius 3 is 2.53 bits per heavy atom. The number of aromatic nitrogens is 2. The summed E-state index contributed by atoms with van der Waals surface area (Å²) in [4.78, 5) is 19.3. The second kappa shape index (κ2) is 4.93. The van der Waals surface area contributed by atoms with Crippen molar-refractivity contribution in [3.63, 3.8) is 0 Å². The molecule has 0 saturated carbocycles. The van der Waals surface area contributed by atoms with Gasteiger partial charge in [-0.15, -0.1) is 0 Å². The standard InChI is InChI=1S/C12H9ClN2O2/c1-17-12(16)9-4-2-8(3-5-9)10-6-14-7-11(13)15-10/h2-7H,1H3. The lowest BCUT2D eigenvalue weighted by Crippen LogP contribution is -2.00. The van der Waals surface area contributed by atoms with Crippen LogP contribution in [0.5, 0.6) is 0 Å². The lowest BCUT2D eigenvalue weighted by molar-refractivity contribution is 0.0601. The smallest absolute Gasteiger partial charge is 0.337 e. The zero-order chi connectivity index (χ0) is 12.3. The topological polar surface area (TPSA) is 52.1 Å². The highest BCUT2D eigenvalue weighted by Crippen LogP contribution is 2.18. The van der Waals surface area contributed by atoms with E-state index in [1.807, 2.05) is 0 Å². The summed E-state index contributed by atoms with van der Waals surface area (Å²) in [5.74, 6) is -0.367. The van der Waals surface area contributed by atoms with E-state index in [-0.39, 0.29) is 5.97 Å². The Morgan fingerprint density at radius 2 is 1.94 bits per heavy atom. The molecule has 1 aromatic heterocycles. The summed E-state index contributed by atoms with van der Waals surface area (Å²) in [6.07, 6.45) is 3.08. The first-order valence-corrected chi connectivity index (χ1v) is 5.25. The Balaban J connectivity index is 2.32. The molecule has 0 radical (unpaired) electrons. The Hall–Kier alpha value is -1.94. The number of hydrogen-bond donors (Lipinski definition) is 0. The molecule has 0 amide bonds. The normalized spacial score (nSPS) is 10.0. The summed E-state index contributed by atoms with van der Waals surface area (Å²) in [7, 11) is 1.35. The molecule has 2 rings (SSSR count). The number of esters is 1. The van der Waals surface area contributed by atoms with Crippen LogP contribution in [0.25, 0.3) is 11.3 Å². The van der Waals surface area contributed by atoms with Gasteiger partial charge in [-0.2, -0.15) is 0 Å².